The monoisotopic (exact) mass is 913 g/mol. The number of sulfonamides is 1. The highest BCUT2D eigenvalue weighted by Gasteiger charge is 2.70. The van der Waals surface area contributed by atoms with E-state index in [0.717, 1.165) is 84.3 Å². The maximum Gasteiger partial charge on any atom is 0.232 e. The first-order valence-corrected chi connectivity index (χ1v) is 26.3. The predicted octanol–water partition coefficient (Wildman–Crippen LogP) is 7.60. The molecule has 9 aliphatic rings. The number of nitrogens with zero attached hydrogens (tertiary/aromatic N) is 3. The lowest BCUT2D eigenvalue weighted by Gasteiger charge is -2.62. The van der Waals surface area contributed by atoms with Crippen LogP contribution < -0.4 is 28.3 Å². The lowest BCUT2D eigenvalue weighted by atomic mass is 9.51. The first-order valence-electron chi connectivity index (χ1n) is 24.5. The van der Waals surface area contributed by atoms with E-state index in [2.05, 4.69) is 71.9 Å². The maximum absolute atomic E-state index is 14.8. The summed E-state index contributed by atoms with van der Waals surface area (Å²) in [6.07, 6.45) is 11.9. The van der Waals surface area contributed by atoms with E-state index >= 15 is 0 Å². The number of aliphatic hydroxyl groups excluding tert-OH is 1. The van der Waals surface area contributed by atoms with Crippen LogP contribution in [0.3, 0.4) is 0 Å². The molecule has 0 unspecified atom stereocenters. The Morgan fingerprint density at radius 2 is 1.80 bits per heavy atom. The van der Waals surface area contributed by atoms with Gasteiger partial charge in [0.15, 0.2) is 11.5 Å². The lowest BCUT2D eigenvalue weighted by Crippen LogP contribution is -2.72. The topological polar surface area (TPSA) is 118 Å². The highest BCUT2D eigenvalue weighted by atomic mass is 32.2. The zero-order valence-electron chi connectivity index (χ0n) is 39.2. The van der Waals surface area contributed by atoms with Crippen molar-refractivity contribution in [3.8, 4) is 29.1 Å². The van der Waals surface area contributed by atoms with Gasteiger partial charge in [-0.3, -0.25) is 9.10 Å². The summed E-state index contributed by atoms with van der Waals surface area (Å²) in [5.74, 6) is 10.7. The number of hydrogen-bond acceptors (Lipinski definition) is 9. The molecule has 3 aromatic carbocycles. The third kappa shape index (κ3) is 5.87. The molecular formula is C54H63N3O8S. The molecule has 11 nitrogen and oxygen atoms in total. The summed E-state index contributed by atoms with van der Waals surface area (Å²) in [7, 11) is -0.238. The van der Waals surface area contributed by atoms with Gasteiger partial charge in [-0.2, -0.15) is 0 Å². The van der Waals surface area contributed by atoms with Crippen molar-refractivity contribution in [3.05, 3.63) is 81.4 Å². The van der Waals surface area contributed by atoms with Crippen LogP contribution in [0.25, 0.3) is 0 Å². The third-order valence-electron chi connectivity index (χ3n) is 18.8. The minimum atomic E-state index is -3.55. The number of carbonyl (C=O) groups excluding carboxylic acids is 1. The Labute approximate surface area is 389 Å². The number of fused-ring (bicyclic) bond motifs is 11. The minimum Gasteiger partial charge on any atom is -0.494 e. The zero-order valence-corrected chi connectivity index (χ0v) is 40.0. The second-order valence-electron chi connectivity index (χ2n) is 21.3. The molecule has 12 heteroatoms. The van der Waals surface area contributed by atoms with E-state index in [-0.39, 0.29) is 47.4 Å². The van der Waals surface area contributed by atoms with Crippen LogP contribution in [0.4, 0.5) is 17.1 Å². The summed E-state index contributed by atoms with van der Waals surface area (Å²) in [6.45, 7) is 8.21. The Kier molecular flexibility index (Phi) is 9.79. The molecule has 5 heterocycles. The fraction of sp³-hybridized carbons (Fsp3) is 0.574. The number of aryl methyl sites for hydroxylation is 1. The van der Waals surface area contributed by atoms with Crippen LogP contribution in [0.15, 0.2) is 48.0 Å². The molecule has 1 N–H and O–H groups in total. The van der Waals surface area contributed by atoms with Crippen LogP contribution >= 0.6 is 0 Å². The molecule has 5 aliphatic heterocycles. The third-order valence-corrected chi connectivity index (χ3v) is 20.0. The SMILES string of the molecule is CC#Cc1c(C)c(N2CC3=CCO[C@H]4CC(=O)N5c6cc(OC)c(OC)cc6[C@]6(CCOc7ccc8c(c7)CC[C@@H]7[C@@H]8CC[C@]8(C)[C@@H](O)CC[C@@H]78)[C@@H]2C[C@@H]3[C@@H]4[C@H]56)cc2c1CCN2S(C)(=O)=O. The van der Waals surface area contributed by atoms with E-state index in [0.29, 0.717) is 80.5 Å². The van der Waals surface area contributed by atoms with Crippen LogP contribution in [0, 0.1) is 47.9 Å². The molecule has 348 valence electrons. The molecule has 2 saturated heterocycles. The van der Waals surface area contributed by atoms with Crippen molar-refractivity contribution in [2.75, 3.05) is 60.9 Å². The number of methoxy groups -OCH3 is 2. The summed E-state index contributed by atoms with van der Waals surface area (Å²) < 4.78 is 54.0. The molecule has 2 bridgehead atoms. The number of anilines is 3. The van der Waals surface area contributed by atoms with Crippen molar-refractivity contribution in [1.82, 2.24) is 0 Å². The fourth-order valence-electron chi connectivity index (χ4n) is 16.0. The van der Waals surface area contributed by atoms with E-state index in [4.69, 9.17) is 18.9 Å². The largest absolute Gasteiger partial charge is 0.494 e. The molecule has 0 radical (unpaired) electrons. The quantitative estimate of drug-likeness (QED) is 0.180. The van der Waals surface area contributed by atoms with Crippen molar-refractivity contribution < 1.29 is 37.3 Å². The summed E-state index contributed by atoms with van der Waals surface area (Å²) in [5, 5.41) is 11.0. The smallest absolute Gasteiger partial charge is 0.232 e. The van der Waals surface area contributed by atoms with Crippen LogP contribution in [-0.4, -0.2) is 90.5 Å². The second-order valence-corrected chi connectivity index (χ2v) is 23.2. The molecule has 3 saturated carbocycles. The number of aliphatic hydroxyl groups is 1. The van der Waals surface area contributed by atoms with E-state index in [9.17, 15) is 18.3 Å². The predicted molar refractivity (Wildman–Crippen MR) is 254 cm³/mol. The molecule has 1 amide bonds. The van der Waals surface area contributed by atoms with Gasteiger partial charge in [-0.15, -0.1) is 5.92 Å². The van der Waals surface area contributed by atoms with Gasteiger partial charge in [-0.1, -0.05) is 25.0 Å². The van der Waals surface area contributed by atoms with Crippen molar-refractivity contribution in [1.29, 1.82) is 0 Å². The van der Waals surface area contributed by atoms with E-state index in [1.807, 2.05) is 13.0 Å². The Balaban J connectivity index is 0.979. The van der Waals surface area contributed by atoms with Gasteiger partial charge >= 0.3 is 0 Å². The number of amides is 1. The van der Waals surface area contributed by atoms with Gasteiger partial charge in [0.25, 0.3) is 0 Å². The first kappa shape index (κ1) is 42.6. The maximum atomic E-state index is 14.8. The number of hydrogen-bond donors (Lipinski definition) is 1. The molecule has 0 spiro atoms. The average Bonchev–Trinajstić information content (AvgIpc) is 3.92. The van der Waals surface area contributed by atoms with Gasteiger partial charge in [0.05, 0.1) is 69.7 Å². The standard InChI is InChI=1S/C54H63N3O8S/c1-7-8-34-30(2)42(26-43-38(34)16-20-56(43)66(6,60)61)55-29-32-17-21-65-47-28-50(59)57-44-27-46(63-5)45(62-4)25-41(44)54(48(55)24-39(32)51(47)52(54)57)19-22-64-33-10-12-35-31(23-33)9-11-37-36(35)15-18-53(3)40(37)13-14-49(53)58/h10,12,17,23,25-27,36-37,39-40,47-49,51-52,58H,9,11,13-16,18-22,24,28-29H2,1-6H3/t36-,37-,39+,40+,47+,48+,49+,51+,52+,53+,54-/m1/s1. The van der Waals surface area contributed by atoms with Gasteiger partial charge in [-0.25, -0.2) is 8.42 Å². The molecule has 3 aromatic rings. The molecule has 5 fully saturated rings. The van der Waals surface area contributed by atoms with Gasteiger partial charge < -0.3 is 33.9 Å². The van der Waals surface area contributed by atoms with Gasteiger partial charge in [0, 0.05) is 47.8 Å². The number of ether oxygens (including phenoxy) is 4. The Bertz CT molecular complexity index is 2780. The Hall–Kier alpha value is -4.70. The summed E-state index contributed by atoms with van der Waals surface area (Å²) >= 11 is 0. The second kappa shape index (κ2) is 15.2. The van der Waals surface area contributed by atoms with E-state index < -0.39 is 15.4 Å². The summed E-state index contributed by atoms with van der Waals surface area (Å²) in [6, 6.07) is 12.7. The highest BCUT2D eigenvalue weighted by molar-refractivity contribution is 7.92. The molecule has 0 aromatic heterocycles. The van der Waals surface area contributed by atoms with Gasteiger partial charge in [0.2, 0.25) is 15.9 Å². The fourth-order valence-corrected chi connectivity index (χ4v) is 16.9. The average molecular weight is 914 g/mol. The highest BCUT2D eigenvalue weighted by Crippen LogP contribution is 2.66. The van der Waals surface area contributed by atoms with Crippen molar-refractivity contribution in [2.24, 2.45) is 29.1 Å². The molecule has 12 rings (SSSR count). The summed E-state index contributed by atoms with van der Waals surface area (Å²) in [5.41, 5.74) is 10.1. The Morgan fingerprint density at radius 3 is 2.59 bits per heavy atom. The van der Waals surface area contributed by atoms with E-state index in [1.54, 1.807) is 18.5 Å². The zero-order chi connectivity index (χ0) is 45.6. The van der Waals surface area contributed by atoms with Crippen LogP contribution in [0.5, 0.6) is 17.2 Å². The van der Waals surface area contributed by atoms with Crippen molar-refractivity contribution >= 4 is 33.0 Å². The molecule has 11 atom stereocenters. The number of piperidine rings is 2. The number of benzene rings is 3. The van der Waals surface area contributed by atoms with Crippen LogP contribution in [0.1, 0.15) is 105 Å². The molecular weight excluding hydrogens is 851 g/mol. The van der Waals surface area contributed by atoms with Crippen molar-refractivity contribution in [2.45, 2.75) is 121 Å². The van der Waals surface area contributed by atoms with Crippen LogP contribution in [0.2, 0.25) is 0 Å². The van der Waals surface area contributed by atoms with E-state index in [1.165, 1.54) is 23.0 Å². The molecule has 66 heavy (non-hydrogen) atoms. The molecule has 4 aliphatic carbocycles. The number of rotatable bonds is 8. The Morgan fingerprint density at radius 1 is 0.985 bits per heavy atom. The van der Waals surface area contributed by atoms with Gasteiger partial charge in [-0.05, 0) is 158 Å². The number of carbonyl (C=O) groups is 1. The first-order chi connectivity index (χ1) is 31.8. The van der Waals surface area contributed by atoms with Gasteiger partial charge in [0.1, 0.15) is 5.75 Å². The van der Waals surface area contributed by atoms with Crippen LogP contribution in [-0.2, 0) is 37.8 Å². The normalized spacial score (nSPS) is 34.2. The lowest BCUT2D eigenvalue weighted by molar-refractivity contribution is -0.131. The van der Waals surface area contributed by atoms with Crippen molar-refractivity contribution in [3.63, 3.8) is 0 Å². The summed E-state index contributed by atoms with van der Waals surface area (Å²) in [4.78, 5) is 19.4. The minimum absolute atomic E-state index is 0.0447.